The van der Waals surface area contributed by atoms with Crippen molar-refractivity contribution in [3.8, 4) is 0 Å². The molecule has 1 saturated carbocycles. The zero-order valence-corrected chi connectivity index (χ0v) is 15.8. The van der Waals surface area contributed by atoms with Crippen LogP contribution < -0.4 is 5.32 Å². The number of methoxy groups -OCH3 is 1. The third-order valence-corrected chi connectivity index (χ3v) is 4.86. The molecule has 1 aliphatic carbocycles. The Kier molecular flexibility index (Phi) is 7.32. The van der Waals surface area contributed by atoms with Gasteiger partial charge < -0.3 is 19.7 Å². The highest BCUT2D eigenvalue weighted by Gasteiger charge is 2.27. The van der Waals surface area contributed by atoms with Crippen LogP contribution in [0.4, 0.5) is 4.79 Å². The Labute approximate surface area is 146 Å². The molecule has 2 atom stereocenters. The molecule has 0 bridgehead atoms. The second-order valence-corrected chi connectivity index (χ2v) is 7.93. The third-order valence-electron chi connectivity index (χ3n) is 4.86. The van der Waals surface area contributed by atoms with E-state index in [0.29, 0.717) is 12.1 Å². The van der Waals surface area contributed by atoms with E-state index in [9.17, 15) is 4.79 Å². The Morgan fingerprint density at radius 2 is 1.79 bits per heavy atom. The number of rotatable bonds is 5. The molecule has 0 spiro atoms. The van der Waals surface area contributed by atoms with Gasteiger partial charge in [0, 0.05) is 52.4 Å². The topological polar surface area (TPSA) is 54.0 Å². The van der Waals surface area contributed by atoms with Crippen molar-refractivity contribution < 1.29 is 14.3 Å². The molecule has 6 nitrogen and oxygen atoms in total. The fourth-order valence-electron chi connectivity index (χ4n) is 3.50. The van der Waals surface area contributed by atoms with E-state index in [4.69, 9.17) is 9.47 Å². The van der Waals surface area contributed by atoms with Crippen molar-refractivity contribution in [2.45, 2.75) is 64.2 Å². The number of hydrogen-bond donors (Lipinski definition) is 1. The van der Waals surface area contributed by atoms with Crippen LogP contribution in [-0.2, 0) is 9.47 Å². The molecule has 24 heavy (non-hydrogen) atoms. The maximum absolute atomic E-state index is 12.1. The van der Waals surface area contributed by atoms with Crippen LogP contribution in [0.15, 0.2) is 0 Å². The van der Waals surface area contributed by atoms with Gasteiger partial charge in [-0.15, -0.1) is 0 Å². The van der Waals surface area contributed by atoms with Crippen LogP contribution in [0.1, 0.15) is 46.5 Å². The number of piperazine rings is 1. The highest BCUT2D eigenvalue weighted by Crippen LogP contribution is 2.20. The Morgan fingerprint density at radius 1 is 1.12 bits per heavy atom. The summed E-state index contributed by atoms with van der Waals surface area (Å²) in [4.78, 5) is 16.3. The molecule has 1 aliphatic heterocycles. The molecule has 1 saturated heterocycles. The van der Waals surface area contributed by atoms with E-state index in [1.807, 2.05) is 32.8 Å². The van der Waals surface area contributed by atoms with E-state index in [1.54, 1.807) is 0 Å². The van der Waals surface area contributed by atoms with Crippen molar-refractivity contribution in [2.24, 2.45) is 0 Å². The summed E-state index contributed by atoms with van der Waals surface area (Å²) in [6, 6.07) is 0.492. The number of hydrogen-bond acceptors (Lipinski definition) is 5. The van der Waals surface area contributed by atoms with Crippen LogP contribution in [0.25, 0.3) is 0 Å². The van der Waals surface area contributed by atoms with E-state index in [2.05, 4.69) is 10.2 Å². The fourth-order valence-corrected chi connectivity index (χ4v) is 3.50. The SMILES string of the molecule is COC1CCCCC1NCCN1CCN(C(=O)OC(C)(C)C)CC1. The first kappa shape index (κ1) is 19.5. The van der Waals surface area contributed by atoms with E-state index >= 15 is 0 Å². The van der Waals surface area contributed by atoms with E-state index in [0.717, 1.165) is 39.3 Å². The molecule has 2 fully saturated rings. The van der Waals surface area contributed by atoms with Crippen LogP contribution >= 0.6 is 0 Å². The normalized spacial score (nSPS) is 26.4. The van der Waals surface area contributed by atoms with Gasteiger partial charge in [0.1, 0.15) is 5.60 Å². The van der Waals surface area contributed by atoms with Crippen molar-refractivity contribution in [3.05, 3.63) is 0 Å². The predicted octanol–water partition coefficient (Wildman–Crippen LogP) is 2.09. The Bertz CT molecular complexity index is 389. The Hall–Kier alpha value is -0.850. The number of nitrogens with zero attached hydrogens (tertiary/aromatic N) is 2. The molecule has 0 aromatic rings. The van der Waals surface area contributed by atoms with Gasteiger partial charge in [-0.1, -0.05) is 12.8 Å². The standard InChI is InChI=1S/C18H35N3O3/c1-18(2,3)24-17(22)21-13-11-20(12-14-21)10-9-19-15-7-5-6-8-16(15)23-4/h15-16,19H,5-14H2,1-4H3. The monoisotopic (exact) mass is 341 g/mol. The molecular formula is C18H35N3O3. The highest BCUT2D eigenvalue weighted by molar-refractivity contribution is 5.68. The summed E-state index contributed by atoms with van der Waals surface area (Å²) in [6.07, 6.45) is 5.14. The molecule has 0 aromatic heterocycles. The lowest BCUT2D eigenvalue weighted by molar-refractivity contribution is 0.0139. The van der Waals surface area contributed by atoms with Gasteiger partial charge in [-0.2, -0.15) is 0 Å². The van der Waals surface area contributed by atoms with Crippen molar-refractivity contribution >= 4 is 6.09 Å². The van der Waals surface area contributed by atoms with Gasteiger partial charge in [0.05, 0.1) is 6.10 Å². The van der Waals surface area contributed by atoms with Crippen LogP contribution in [0.2, 0.25) is 0 Å². The third kappa shape index (κ3) is 6.22. The number of amides is 1. The molecule has 6 heteroatoms. The van der Waals surface area contributed by atoms with E-state index in [-0.39, 0.29) is 6.09 Å². The van der Waals surface area contributed by atoms with E-state index in [1.165, 1.54) is 25.7 Å². The van der Waals surface area contributed by atoms with Crippen LogP contribution in [0.3, 0.4) is 0 Å². The zero-order chi connectivity index (χ0) is 17.6. The molecule has 1 N–H and O–H groups in total. The first-order valence-corrected chi connectivity index (χ1v) is 9.35. The maximum atomic E-state index is 12.1. The average Bonchev–Trinajstić information content (AvgIpc) is 2.54. The smallest absolute Gasteiger partial charge is 0.410 e. The Morgan fingerprint density at radius 3 is 2.42 bits per heavy atom. The van der Waals surface area contributed by atoms with Crippen molar-refractivity contribution in [2.75, 3.05) is 46.4 Å². The first-order chi connectivity index (χ1) is 11.4. The van der Waals surface area contributed by atoms with Crippen molar-refractivity contribution in [1.82, 2.24) is 15.1 Å². The zero-order valence-electron chi connectivity index (χ0n) is 15.8. The molecule has 2 unspecified atom stereocenters. The minimum absolute atomic E-state index is 0.189. The quantitative estimate of drug-likeness (QED) is 0.830. The van der Waals surface area contributed by atoms with E-state index < -0.39 is 5.60 Å². The molecule has 2 aliphatic rings. The largest absolute Gasteiger partial charge is 0.444 e. The van der Waals surface area contributed by atoms with Gasteiger partial charge in [0.2, 0.25) is 0 Å². The lowest BCUT2D eigenvalue weighted by Gasteiger charge is -2.36. The van der Waals surface area contributed by atoms with Gasteiger partial charge in [-0.3, -0.25) is 4.90 Å². The van der Waals surface area contributed by atoms with Gasteiger partial charge in [0.25, 0.3) is 0 Å². The maximum Gasteiger partial charge on any atom is 0.410 e. The molecule has 0 radical (unpaired) electrons. The molecule has 140 valence electrons. The van der Waals surface area contributed by atoms with Gasteiger partial charge in [0.15, 0.2) is 0 Å². The Balaban J connectivity index is 1.63. The highest BCUT2D eigenvalue weighted by atomic mass is 16.6. The fraction of sp³-hybridized carbons (Fsp3) is 0.944. The number of ether oxygens (including phenoxy) is 2. The average molecular weight is 341 g/mol. The molecular weight excluding hydrogens is 306 g/mol. The molecule has 2 rings (SSSR count). The summed E-state index contributed by atoms with van der Waals surface area (Å²) in [7, 11) is 1.82. The van der Waals surface area contributed by atoms with Crippen LogP contribution in [0.5, 0.6) is 0 Å². The van der Waals surface area contributed by atoms with Crippen LogP contribution in [-0.4, -0.2) is 80.0 Å². The lowest BCUT2D eigenvalue weighted by atomic mass is 9.92. The summed E-state index contributed by atoms with van der Waals surface area (Å²) < 4.78 is 11.0. The summed E-state index contributed by atoms with van der Waals surface area (Å²) in [5.41, 5.74) is -0.421. The second kappa shape index (κ2) is 9.02. The predicted molar refractivity (Wildman–Crippen MR) is 95.3 cm³/mol. The van der Waals surface area contributed by atoms with Crippen molar-refractivity contribution in [3.63, 3.8) is 0 Å². The minimum atomic E-state index is -0.421. The summed E-state index contributed by atoms with van der Waals surface area (Å²) in [6.45, 7) is 11.1. The molecule has 0 aromatic carbocycles. The van der Waals surface area contributed by atoms with Gasteiger partial charge in [-0.25, -0.2) is 4.79 Å². The number of nitrogens with one attached hydrogen (secondary N) is 1. The summed E-state index contributed by atoms with van der Waals surface area (Å²) in [5, 5.41) is 3.66. The van der Waals surface area contributed by atoms with Gasteiger partial charge >= 0.3 is 6.09 Å². The first-order valence-electron chi connectivity index (χ1n) is 9.35. The number of carbonyl (C=O) groups excluding carboxylic acids is 1. The van der Waals surface area contributed by atoms with Crippen LogP contribution in [0, 0.1) is 0 Å². The van der Waals surface area contributed by atoms with Crippen molar-refractivity contribution in [1.29, 1.82) is 0 Å². The summed E-state index contributed by atoms with van der Waals surface area (Å²) in [5.74, 6) is 0. The second-order valence-electron chi connectivity index (χ2n) is 7.93. The molecule has 1 amide bonds. The number of carbonyl (C=O) groups is 1. The minimum Gasteiger partial charge on any atom is -0.444 e. The lowest BCUT2D eigenvalue weighted by Crippen LogP contribution is -2.52. The summed E-state index contributed by atoms with van der Waals surface area (Å²) >= 11 is 0. The van der Waals surface area contributed by atoms with Gasteiger partial charge in [-0.05, 0) is 33.6 Å². The molecule has 1 heterocycles.